The van der Waals surface area contributed by atoms with Crippen LogP contribution in [0.1, 0.15) is 5.69 Å². The second kappa shape index (κ2) is 5.18. The van der Waals surface area contributed by atoms with Crippen molar-refractivity contribution in [1.29, 1.82) is 0 Å². The predicted octanol–water partition coefficient (Wildman–Crippen LogP) is 1.16. The van der Waals surface area contributed by atoms with Crippen LogP contribution in [0.5, 0.6) is 5.75 Å². The lowest BCUT2D eigenvalue weighted by Crippen LogP contribution is -2.14. The number of sulfonamides is 1. The molecule has 21 heavy (non-hydrogen) atoms. The summed E-state index contributed by atoms with van der Waals surface area (Å²) < 4.78 is 26.0. The predicted molar refractivity (Wildman–Crippen MR) is 75.2 cm³/mol. The molecule has 0 saturated carbocycles. The van der Waals surface area contributed by atoms with Crippen molar-refractivity contribution < 1.29 is 18.4 Å². The number of anilines is 1. The van der Waals surface area contributed by atoms with Crippen molar-refractivity contribution >= 4 is 32.7 Å². The minimum atomic E-state index is -4.23. The quantitative estimate of drug-likeness (QED) is 0.436. The Hall–Kier alpha value is -2.40. The number of rotatable bonds is 4. The number of benzene rings is 1. The van der Waals surface area contributed by atoms with E-state index >= 15 is 0 Å². The number of aryl methyl sites for hydroxylation is 1. The molecular formula is C10H9N3O6S2. The van der Waals surface area contributed by atoms with Crippen molar-refractivity contribution in [2.75, 3.05) is 4.72 Å². The smallest absolute Gasteiger partial charge is 0.306 e. The van der Waals surface area contributed by atoms with Crippen LogP contribution in [0.4, 0.5) is 11.4 Å². The summed E-state index contributed by atoms with van der Waals surface area (Å²) in [7, 11) is -4.23. The van der Waals surface area contributed by atoms with Crippen LogP contribution in [-0.2, 0) is 10.0 Å². The number of nitrogens with one attached hydrogen (secondary N) is 2. The number of aromatic amines is 1. The van der Waals surface area contributed by atoms with Gasteiger partial charge in [0.2, 0.25) is 0 Å². The van der Waals surface area contributed by atoms with Crippen molar-refractivity contribution in [3.63, 3.8) is 0 Å². The number of phenols is 1. The van der Waals surface area contributed by atoms with Gasteiger partial charge in [-0.1, -0.05) is 17.4 Å². The molecule has 1 aromatic heterocycles. The van der Waals surface area contributed by atoms with Gasteiger partial charge in [-0.3, -0.25) is 19.6 Å². The summed E-state index contributed by atoms with van der Waals surface area (Å²) >= 11 is 0.448. The normalized spacial score (nSPS) is 11.3. The number of nitro groups is 1. The van der Waals surface area contributed by atoms with Gasteiger partial charge in [-0.05, 0) is 13.0 Å². The topological polar surface area (TPSA) is 142 Å². The number of nitro benzene ring substituents is 1. The second-order valence-corrected chi connectivity index (χ2v) is 6.82. The molecule has 0 spiro atoms. The summed E-state index contributed by atoms with van der Waals surface area (Å²) in [6.07, 6.45) is 0. The maximum atomic E-state index is 12.2. The molecule has 0 bridgehead atoms. The highest BCUT2D eigenvalue weighted by atomic mass is 32.2. The van der Waals surface area contributed by atoms with Crippen LogP contribution >= 0.6 is 11.3 Å². The maximum absolute atomic E-state index is 12.2. The van der Waals surface area contributed by atoms with E-state index < -0.39 is 36.9 Å². The highest BCUT2D eigenvalue weighted by molar-refractivity contribution is 7.94. The average molecular weight is 331 g/mol. The van der Waals surface area contributed by atoms with Gasteiger partial charge in [0, 0.05) is 11.8 Å². The van der Waals surface area contributed by atoms with Crippen LogP contribution in [-0.4, -0.2) is 23.4 Å². The summed E-state index contributed by atoms with van der Waals surface area (Å²) in [6, 6.07) is 3.37. The lowest BCUT2D eigenvalue weighted by molar-refractivity contribution is -0.383. The number of para-hydroxylation sites is 1. The van der Waals surface area contributed by atoms with Gasteiger partial charge in [-0.2, -0.15) is 0 Å². The van der Waals surface area contributed by atoms with Gasteiger partial charge in [0.1, 0.15) is 5.75 Å². The first-order valence-corrected chi connectivity index (χ1v) is 7.71. The minimum absolute atomic E-state index is 0.107. The van der Waals surface area contributed by atoms with E-state index in [1.807, 2.05) is 4.72 Å². The third-order valence-corrected chi connectivity index (χ3v) is 5.43. The van der Waals surface area contributed by atoms with E-state index in [1.165, 1.54) is 13.0 Å². The SMILES string of the molecule is Cc1[nH]c(=O)sc1S(=O)(=O)Nc1c(O)cccc1[N+](=O)[O-]. The number of aromatic hydroxyl groups is 1. The number of aromatic nitrogens is 1. The van der Waals surface area contributed by atoms with Crippen molar-refractivity contribution in [3.8, 4) is 5.75 Å². The summed E-state index contributed by atoms with van der Waals surface area (Å²) in [5.74, 6) is -0.590. The molecule has 0 aliphatic heterocycles. The number of H-pyrrole nitrogens is 1. The Labute approximate surface area is 122 Å². The standard InChI is InChI=1S/C10H9N3O6S2/c1-5-9(20-10(15)11-5)21(18,19)12-8-6(13(16)17)3-2-4-7(8)14/h2-4,12,14H,1H3,(H,11,15). The summed E-state index contributed by atoms with van der Waals surface area (Å²) in [6.45, 7) is 1.38. The van der Waals surface area contributed by atoms with Gasteiger partial charge in [0.15, 0.2) is 9.90 Å². The summed E-state index contributed by atoms with van der Waals surface area (Å²) in [5, 5.41) is 20.5. The highest BCUT2D eigenvalue weighted by Gasteiger charge is 2.26. The first kappa shape index (κ1) is 15.0. The highest BCUT2D eigenvalue weighted by Crippen LogP contribution is 2.35. The van der Waals surface area contributed by atoms with Crippen molar-refractivity contribution in [2.24, 2.45) is 0 Å². The van der Waals surface area contributed by atoms with Crippen molar-refractivity contribution in [2.45, 2.75) is 11.1 Å². The molecule has 11 heteroatoms. The van der Waals surface area contributed by atoms with Crippen LogP contribution in [0.2, 0.25) is 0 Å². The maximum Gasteiger partial charge on any atom is 0.306 e. The van der Waals surface area contributed by atoms with Crippen LogP contribution in [0.15, 0.2) is 27.2 Å². The van der Waals surface area contributed by atoms with E-state index in [9.17, 15) is 28.4 Å². The molecule has 9 nitrogen and oxygen atoms in total. The van der Waals surface area contributed by atoms with E-state index in [-0.39, 0.29) is 9.90 Å². The molecule has 3 N–H and O–H groups in total. The monoisotopic (exact) mass is 331 g/mol. The second-order valence-electron chi connectivity index (χ2n) is 3.96. The van der Waals surface area contributed by atoms with E-state index in [1.54, 1.807) is 0 Å². The van der Waals surface area contributed by atoms with E-state index in [4.69, 9.17) is 0 Å². The van der Waals surface area contributed by atoms with Gasteiger partial charge in [-0.15, -0.1) is 0 Å². The largest absolute Gasteiger partial charge is 0.505 e. The Balaban J connectivity index is 2.54. The number of hydrogen-bond donors (Lipinski definition) is 3. The van der Waals surface area contributed by atoms with Crippen LogP contribution in [0.25, 0.3) is 0 Å². The van der Waals surface area contributed by atoms with Gasteiger partial charge >= 0.3 is 4.87 Å². The Morgan fingerprint density at radius 1 is 1.43 bits per heavy atom. The summed E-state index contributed by atoms with van der Waals surface area (Å²) in [4.78, 5) is 22.9. The summed E-state index contributed by atoms with van der Waals surface area (Å²) in [5.41, 5.74) is -1.04. The molecule has 2 rings (SSSR count). The molecule has 0 saturated heterocycles. The van der Waals surface area contributed by atoms with E-state index in [2.05, 4.69) is 4.98 Å². The Kier molecular flexibility index (Phi) is 3.70. The fourth-order valence-corrected chi connectivity index (χ4v) is 4.00. The molecule has 0 unspecified atom stereocenters. The van der Waals surface area contributed by atoms with Gasteiger partial charge < -0.3 is 10.1 Å². The van der Waals surface area contributed by atoms with Crippen LogP contribution in [0, 0.1) is 17.0 Å². The molecule has 0 fully saturated rings. The van der Waals surface area contributed by atoms with Gasteiger partial charge in [-0.25, -0.2) is 8.42 Å². The zero-order chi connectivity index (χ0) is 15.8. The average Bonchev–Trinajstić information content (AvgIpc) is 2.71. The third-order valence-electron chi connectivity index (χ3n) is 2.48. The molecule has 2 aromatic rings. The zero-order valence-electron chi connectivity index (χ0n) is 10.5. The van der Waals surface area contributed by atoms with E-state index in [0.717, 1.165) is 12.1 Å². The molecule has 0 aliphatic carbocycles. The molecule has 0 radical (unpaired) electrons. The molecule has 112 valence electrons. The molecule has 0 aliphatic rings. The molecule has 1 heterocycles. The third kappa shape index (κ3) is 2.87. The van der Waals surface area contributed by atoms with Gasteiger partial charge in [0.05, 0.1) is 4.92 Å². The van der Waals surface area contributed by atoms with Crippen molar-refractivity contribution in [3.05, 3.63) is 43.7 Å². The molecule has 0 atom stereocenters. The number of phenolic OH excluding ortho intramolecular Hbond substituents is 1. The molecule has 0 amide bonds. The lowest BCUT2D eigenvalue weighted by Gasteiger charge is -2.08. The van der Waals surface area contributed by atoms with Crippen LogP contribution in [0.3, 0.4) is 0 Å². The lowest BCUT2D eigenvalue weighted by atomic mass is 10.2. The van der Waals surface area contributed by atoms with E-state index in [0.29, 0.717) is 11.3 Å². The molecular weight excluding hydrogens is 322 g/mol. The van der Waals surface area contributed by atoms with Crippen molar-refractivity contribution in [1.82, 2.24) is 4.98 Å². The first-order valence-electron chi connectivity index (χ1n) is 5.41. The molecule has 1 aromatic carbocycles. The Morgan fingerprint density at radius 2 is 2.10 bits per heavy atom. The Bertz CT molecular complexity index is 867. The minimum Gasteiger partial charge on any atom is -0.505 e. The van der Waals surface area contributed by atoms with Gasteiger partial charge in [0.25, 0.3) is 15.7 Å². The van der Waals surface area contributed by atoms with Crippen LogP contribution < -0.4 is 9.60 Å². The Morgan fingerprint density at radius 3 is 2.62 bits per heavy atom. The first-order chi connectivity index (χ1) is 9.72. The zero-order valence-corrected chi connectivity index (χ0v) is 12.1. The fraction of sp³-hybridized carbons (Fsp3) is 0.100. The number of nitrogens with zero attached hydrogens (tertiary/aromatic N) is 1. The fourth-order valence-electron chi connectivity index (χ4n) is 1.61. The number of hydrogen-bond acceptors (Lipinski definition) is 7. The number of thiazole rings is 1.